The average Bonchev–Trinajstić information content (AvgIpc) is 2.48. The van der Waals surface area contributed by atoms with Gasteiger partial charge in [-0.1, -0.05) is 62.2 Å². The van der Waals surface area contributed by atoms with E-state index >= 15 is 0 Å². The number of rotatable bonds is 2. The van der Waals surface area contributed by atoms with Gasteiger partial charge >= 0.3 is 0 Å². The Hall–Kier alpha value is -0.920. The summed E-state index contributed by atoms with van der Waals surface area (Å²) < 4.78 is 5.47. The first-order valence-corrected chi connectivity index (χ1v) is 7.99. The van der Waals surface area contributed by atoms with Gasteiger partial charge < -0.3 is 4.74 Å². The summed E-state index contributed by atoms with van der Waals surface area (Å²) in [6.07, 6.45) is 13.4. The Labute approximate surface area is 118 Å². The molecule has 2 saturated carbocycles. The molecule has 0 spiro atoms. The highest BCUT2D eigenvalue weighted by Gasteiger charge is 2.10. The SMILES string of the molecule is C(#CC1CCCCC1)COCC#CC1CCCCC1. The van der Waals surface area contributed by atoms with Crippen LogP contribution < -0.4 is 0 Å². The molecule has 2 rings (SSSR count). The maximum Gasteiger partial charge on any atom is 0.109 e. The van der Waals surface area contributed by atoms with Gasteiger partial charge in [0.2, 0.25) is 0 Å². The van der Waals surface area contributed by atoms with Gasteiger partial charge in [-0.25, -0.2) is 0 Å². The number of hydrogen-bond acceptors (Lipinski definition) is 1. The van der Waals surface area contributed by atoms with E-state index in [1.165, 1.54) is 64.2 Å². The fourth-order valence-corrected chi connectivity index (χ4v) is 3.02. The van der Waals surface area contributed by atoms with Crippen molar-refractivity contribution in [3.8, 4) is 23.7 Å². The smallest absolute Gasteiger partial charge is 0.109 e. The molecule has 1 heteroatoms. The Morgan fingerprint density at radius 2 is 1.05 bits per heavy atom. The van der Waals surface area contributed by atoms with E-state index in [0.717, 1.165) is 0 Å². The molecule has 0 amide bonds. The predicted molar refractivity (Wildman–Crippen MR) is 79.5 cm³/mol. The van der Waals surface area contributed by atoms with E-state index in [-0.39, 0.29) is 0 Å². The average molecular weight is 258 g/mol. The van der Waals surface area contributed by atoms with E-state index in [1.54, 1.807) is 0 Å². The maximum atomic E-state index is 5.47. The summed E-state index contributed by atoms with van der Waals surface area (Å²) in [6, 6.07) is 0. The molecule has 0 unspecified atom stereocenters. The third-order valence-electron chi connectivity index (χ3n) is 4.17. The lowest BCUT2D eigenvalue weighted by Gasteiger charge is -2.15. The van der Waals surface area contributed by atoms with Crippen molar-refractivity contribution in [1.82, 2.24) is 0 Å². The van der Waals surface area contributed by atoms with Crippen LogP contribution in [0.3, 0.4) is 0 Å². The molecular weight excluding hydrogens is 232 g/mol. The van der Waals surface area contributed by atoms with E-state index in [2.05, 4.69) is 23.7 Å². The van der Waals surface area contributed by atoms with Crippen LogP contribution in [0.4, 0.5) is 0 Å². The lowest BCUT2D eigenvalue weighted by atomic mass is 9.90. The summed E-state index contributed by atoms with van der Waals surface area (Å²) in [5.41, 5.74) is 0. The molecule has 0 aliphatic heterocycles. The highest BCUT2D eigenvalue weighted by atomic mass is 16.5. The first-order chi connectivity index (χ1) is 9.45. The normalized spacial score (nSPS) is 21.1. The fraction of sp³-hybridized carbons (Fsp3) is 0.778. The molecule has 104 valence electrons. The van der Waals surface area contributed by atoms with Gasteiger partial charge in [0.05, 0.1) is 0 Å². The summed E-state index contributed by atoms with van der Waals surface area (Å²) in [5.74, 6) is 14.2. The largest absolute Gasteiger partial charge is 0.356 e. The van der Waals surface area contributed by atoms with Crippen molar-refractivity contribution in [3.63, 3.8) is 0 Å². The van der Waals surface area contributed by atoms with Gasteiger partial charge in [-0.15, -0.1) is 0 Å². The van der Waals surface area contributed by atoms with E-state index in [4.69, 9.17) is 4.74 Å². The number of ether oxygens (including phenoxy) is 1. The van der Waals surface area contributed by atoms with Crippen molar-refractivity contribution in [1.29, 1.82) is 0 Å². The Kier molecular flexibility index (Phi) is 6.91. The van der Waals surface area contributed by atoms with Crippen LogP contribution in [-0.4, -0.2) is 13.2 Å². The van der Waals surface area contributed by atoms with Gasteiger partial charge in [0.1, 0.15) is 13.2 Å². The van der Waals surface area contributed by atoms with Crippen molar-refractivity contribution < 1.29 is 4.74 Å². The molecule has 2 fully saturated rings. The van der Waals surface area contributed by atoms with Crippen LogP contribution in [0.15, 0.2) is 0 Å². The Bertz CT molecular complexity index is 315. The first-order valence-electron chi connectivity index (χ1n) is 7.99. The summed E-state index contributed by atoms with van der Waals surface area (Å²) in [4.78, 5) is 0. The Balaban J connectivity index is 1.54. The number of hydrogen-bond donors (Lipinski definition) is 0. The molecule has 0 N–H and O–H groups in total. The van der Waals surface area contributed by atoms with Crippen LogP contribution in [0.5, 0.6) is 0 Å². The zero-order valence-electron chi connectivity index (χ0n) is 12.0. The van der Waals surface area contributed by atoms with E-state index in [1.807, 2.05) is 0 Å². The molecule has 2 aliphatic carbocycles. The van der Waals surface area contributed by atoms with Crippen molar-refractivity contribution in [3.05, 3.63) is 0 Å². The van der Waals surface area contributed by atoms with Crippen molar-refractivity contribution in [2.45, 2.75) is 64.2 Å². The molecule has 2 aliphatic rings. The zero-order chi connectivity index (χ0) is 13.2. The predicted octanol–water partition coefficient (Wildman–Crippen LogP) is 4.17. The van der Waals surface area contributed by atoms with Gasteiger partial charge in [0.15, 0.2) is 0 Å². The second kappa shape index (κ2) is 9.06. The molecule has 0 heterocycles. The van der Waals surface area contributed by atoms with Crippen LogP contribution in [0.25, 0.3) is 0 Å². The van der Waals surface area contributed by atoms with Crippen molar-refractivity contribution in [2.24, 2.45) is 11.8 Å². The van der Waals surface area contributed by atoms with Crippen LogP contribution >= 0.6 is 0 Å². The first kappa shape index (κ1) is 14.5. The third kappa shape index (κ3) is 6.17. The van der Waals surface area contributed by atoms with Crippen molar-refractivity contribution in [2.75, 3.05) is 13.2 Å². The molecule has 0 aromatic heterocycles. The lowest BCUT2D eigenvalue weighted by Crippen LogP contribution is -2.04. The molecule has 0 atom stereocenters. The Morgan fingerprint density at radius 3 is 1.47 bits per heavy atom. The highest BCUT2D eigenvalue weighted by molar-refractivity contribution is 5.06. The summed E-state index contributed by atoms with van der Waals surface area (Å²) in [7, 11) is 0. The van der Waals surface area contributed by atoms with E-state index in [0.29, 0.717) is 25.0 Å². The van der Waals surface area contributed by atoms with Gasteiger partial charge in [0.25, 0.3) is 0 Å². The van der Waals surface area contributed by atoms with Gasteiger partial charge in [-0.3, -0.25) is 0 Å². The monoisotopic (exact) mass is 258 g/mol. The molecule has 0 bridgehead atoms. The zero-order valence-corrected chi connectivity index (χ0v) is 12.0. The second-order valence-electron chi connectivity index (χ2n) is 5.80. The minimum absolute atomic E-state index is 0.551. The summed E-state index contributed by atoms with van der Waals surface area (Å²) in [5, 5.41) is 0. The molecule has 0 saturated heterocycles. The molecule has 0 radical (unpaired) electrons. The lowest BCUT2D eigenvalue weighted by molar-refractivity contribution is 0.204. The van der Waals surface area contributed by atoms with Crippen LogP contribution in [0.2, 0.25) is 0 Å². The molecule has 19 heavy (non-hydrogen) atoms. The van der Waals surface area contributed by atoms with Gasteiger partial charge in [-0.05, 0) is 25.7 Å². The topological polar surface area (TPSA) is 9.23 Å². The highest BCUT2D eigenvalue weighted by Crippen LogP contribution is 2.23. The molecule has 0 aromatic rings. The van der Waals surface area contributed by atoms with Gasteiger partial charge in [-0.2, -0.15) is 0 Å². The quantitative estimate of drug-likeness (QED) is 0.533. The fourth-order valence-electron chi connectivity index (χ4n) is 3.02. The van der Waals surface area contributed by atoms with Crippen LogP contribution in [0.1, 0.15) is 64.2 Å². The van der Waals surface area contributed by atoms with Crippen LogP contribution in [-0.2, 0) is 4.74 Å². The van der Waals surface area contributed by atoms with E-state index < -0.39 is 0 Å². The standard InChI is InChI=1S/C18H26O/c1-3-9-17(10-4-1)13-7-15-19-16-8-14-18-11-5-2-6-12-18/h17-18H,1-6,9-12,15-16H2. The molecular formula is C18H26O. The minimum atomic E-state index is 0.551. The van der Waals surface area contributed by atoms with Gasteiger partial charge in [0, 0.05) is 11.8 Å². The minimum Gasteiger partial charge on any atom is -0.356 e. The third-order valence-corrected chi connectivity index (χ3v) is 4.17. The summed E-state index contributed by atoms with van der Waals surface area (Å²) >= 11 is 0. The maximum absolute atomic E-state index is 5.47. The Morgan fingerprint density at radius 1 is 0.632 bits per heavy atom. The van der Waals surface area contributed by atoms with Crippen molar-refractivity contribution >= 4 is 0 Å². The molecule has 1 nitrogen and oxygen atoms in total. The summed E-state index contributed by atoms with van der Waals surface area (Å²) in [6.45, 7) is 1.10. The van der Waals surface area contributed by atoms with Crippen LogP contribution in [0, 0.1) is 35.5 Å². The second-order valence-corrected chi connectivity index (χ2v) is 5.80. The molecule has 0 aromatic carbocycles. The van der Waals surface area contributed by atoms with E-state index in [9.17, 15) is 0 Å².